The van der Waals surface area contributed by atoms with Crippen LogP contribution in [0.5, 0.6) is 0 Å². The van der Waals surface area contributed by atoms with Crippen LogP contribution in [0.4, 0.5) is 4.79 Å². The van der Waals surface area contributed by atoms with Crippen LogP contribution in [0.15, 0.2) is 30.3 Å². The lowest BCUT2D eigenvalue weighted by Gasteiger charge is -2.14. The highest BCUT2D eigenvalue weighted by molar-refractivity contribution is 5.89. The Morgan fingerprint density at radius 3 is 2.89 bits per heavy atom. The van der Waals surface area contributed by atoms with Gasteiger partial charge in [-0.05, 0) is 12.5 Å². The molecule has 1 fully saturated rings. The third-order valence-corrected chi connectivity index (χ3v) is 2.61. The highest BCUT2D eigenvalue weighted by Crippen LogP contribution is 2.26. The minimum Gasteiger partial charge on any atom is -0.456 e. The van der Waals surface area contributed by atoms with Crippen molar-refractivity contribution in [3.05, 3.63) is 35.9 Å². The molecule has 1 aromatic rings. The Balaban J connectivity index is 2.17. The summed E-state index contributed by atoms with van der Waals surface area (Å²) in [6.07, 6.45) is -0.550. The molecule has 1 amide bonds. The van der Waals surface area contributed by atoms with Gasteiger partial charge in [-0.15, -0.1) is 0 Å². The fraction of sp³-hybridized carbons (Fsp3) is 0.286. The summed E-state index contributed by atoms with van der Waals surface area (Å²) in [5.41, 5.74) is 0.909. The van der Waals surface area contributed by atoms with Crippen LogP contribution in [-0.4, -0.2) is 30.2 Å². The molecule has 0 unspecified atom stereocenters. The number of amides is 1. The number of carbonyl (C=O) groups excluding carboxylic acids is 2. The van der Waals surface area contributed by atoms with Gasteiger partial charge in [0.2, 0.25) is 0 Å². The SMILES string of the molecule is CCOC(=O)C#CN1C(=O)OC[C@H]1c1ccccc1. The van der Waals surface area contributed by atoms with E-state index in [1.54, 1.807) is 6.92 Å². The summed E-state index contributed by atoms with van der Waals surface area (Å²) in [6.45, 7) is 2.16. The Morgan fingerprint density at radius 1 is 1.47 bits per heavy atom. The molecule has 0 N–H and O–H groups in total. The standard InChI is InChI=1S/C14H13NO4/c1-2-18-13(16)8-9-15-12(10-19-14(15)17)11-6-4-3-5-7-11/h3-7,12H,2,10H2,1H3/t12-/m0/s1. The summed E-state index contributed by atoms with van der Waals surface area (Å²) in [7, 11) is 0. The number of hydrogen-bond acceptors (Lipinski definition) is 4. The Hall–Kier alpha value is -2.48. The Labute approximate surface area is 111 Å². The number of hydrogen-bond donors (Lipinski definition) is 0. The maximum atomic E-state index is 11.6. The predicted octanol–water partition coefficient (Wildman–Crippen LogP) is 1.70. The number of esters is 1. The van der Waals surface area contributed by atoms with E-state index in [2.05, 4.69) is 16.7 Å². The molecule has 0 radical (unpaired) electrons. The molecule has 0 bridgehead atoms. The van der Waals surface area contributed by atoms with E-state index in [0.29, 0.717) is 0 Å². The van der Waals surface area contributed by atoms with Crippen molar-refractivity contribution >= 4 is 12.1 Å². The third kappa shape index (κ3) is 3.05. The van der Waals surface area contributed by atoms with Crippen LogP contribution in [0.1, 0.15) is 18.5 Å². The molecule has 1 aliphatic heterocycles. The van der Waals surface area contributed by atoms with E-state index in [-0.39, 0.29) is 19.3 Å². The van der Waals surface area contributed by atoms with Crippen molar-refractivity contribution in [2.45, 2.75) is 13.0 Å². The first-order chi connectivity index (χ1) is 9.22. The largest absolute Gasteiger partial charge is 0.456 e. The van der Waals surface area contributed by atoms with E-state index in [4.69, 9.17) is 4.74 Å². The van der Waals surface area contributed by atoms with Crippen LogP contribution in [0, 0.1) is 12.0 Å². The summed E-state index contributed by atoms with van der Waals surface area (Å²) < 4.78 is 9.64. The van der Waals surface area contributed by atoms with E-state index in [9.17, 15) is 9.59 Å². The summed E-state index contributed by atoms with van der Waals surface area (Å²) in [4.78, 5) is 24.0. The normalized spacial score (nSPS) is 17.4. The molecule has 19 heavy (non-hydrogen) atoms. The molecule has 1 aromatic carbocycles. The van der Waals surface area contributed by atoms with Crippen LogP contribution in [0.3, 0.4) is 0 Å². The molecule has 0 saturated carbocycles. The number of ether oxygens (including phenoxy) is 2. The van der Waals surface area contributed by atoms with Gasteiger partial charge in [0.05, 0.1) is 6.61 Å². The molecule has 0 aliphatic carbocycles. The molecular formula is C14H13NO4. The van der Waals surface area contributed by atoms with Crippen LogP contribution in [-0.2, 0) is 14.3 Å². The van der Waals surface area contributed by atoms with Crippen molar-refractivity contribution in [1.82, 2.24) is 4.90 Å². The van der Waals surface area contributed by atoms with Crippen LogP contribution < -0.4 is 0 Å². The van der Waals surface area contributed by atoms with Gasteiger partial charge in [-0.3, -0.25) is 0 Å². The second kappa shape index (κ2) is 5.91. The smallest absolute Gasteiger partial charge is 0.422 e. The van der Waals surface area contributed by atoms with Gasteiger partial charge in [0.25, 0.3) is 0 Å². The van der Waals surface area contributed by atoms with Gasteiger partial charge in [0.15, 0.2) is 0 Å². The van der Waals surface area contributed by atoms with Crippen molar-refractivity contribution in [2.75, 3.05) is 13.2 Å². The first-order valence-corrected chi connectivity index (χ1v) is 5.91. The van der Waals surface area contributed by atoms with E-state index in [1.807, 2.05) is 30.3 Å². The van der Waals surface area contributed by atoms with E-state index in [1.165, 1.54) is 4.90 Å². The van der Waals surface area contributed by atoms with Gasteiger partial charge >= 0.3 is 12.1 Å². The lowest BCUT2D eigenvalue weighted by Crippen LogP contribution is -2.22. The fourth-order valence-corrected chi connectivity index (χ4v) is 1.74. The molecule has 1 aliphatic rings. The first-order valence-electron chi connectivity index (χ1n) is 5.91. The number of cyclic esters (lactones) is 1. The Bertz CT molecular complexity index is 529. The fourth-order valence-electron chi connectivity index (χ4n) is 1.74. The highest BCUT2D eigenvalue weighted by Gasteiger charge is 2.33. The molecule has 5 nitrogen and oxygen atoms in total. The molecule has 98 valence electrons. The number of rotatable bonds is 2. The molecule has 1 saturated heterocycles. The van der Waals surface area contributed by atoms with Crippen molar-refractivity contribution in [1.29, 1.82) is 0 Å². The van der Waals surface area contributed by atoms with Gasteiger partial charge in [0.1, 0.15) is 12.6 Å². The monoisotopic (exact) mass is 259 g/mol. The van der Waals surface area contributed by atoms with Crippen molar-refractivity contribution in [3.63, 3.8) is 0 Å². The van der Waals surface area contributed by atoms with Gasteiger partial charge in [0, 0.05) is 12.0 Å². The lowest BCUT2D eigenvalue weighted by atomic mass is 10.1. The molecule has 2 rings (SSSR count). The van der Waals surface area contributed by atoms with Gasteiger partial charge in [-0.25, -0.2) is 14.5 Å². The van der Waals surface area contributed by atoms with Crippen LogP contribution in [0.25, 0.3) is 0 Å². The molecular weight excluding hydrogens is 246 g/mol. The quantitative estimate of drug-likeness (QED) is 0.599. The van der Waals surface area contributed by atoms with Crippen molar-refractivity contribution in [3.8, 4) is 12.0 Å². The topological polar surface area (TPSA) is 55.8 Å². The van der Waals surface area contributed by atoms with Gasteiger partial charge in [-0.2, -0.15) is 0 Å². The second-order valence-corrected chi connectivity index (χ2v) is 3.83. The van der Waals surface area contributed by atoms with E-state index in [0.717, 1.165) is 5.56 Å². The van der Waals surface area contributed by atoms with Crippen LogP contribution >= 0.6 is 0 Å². The van der Waals surface area contributed by atoms with Gasteiger partial charge < -0.3 is 9.47 Å². The summed E-state index contributed by atoms with van der Waals surface area (Å²) >= 11 is 0. The number of benzene rings is 1. The first kappa shape index (κ1) is 13.0. The molecule has 5 heteroatoms. The van der Waals surface area contributed by atoms with Crippen molar-refractivity contribution < 1.29 is 19.1 Å². The maximum absolute atomic E-state index is 11.6. The molecule has 1 atom stereocenters. The third-order valence-electron chi connectivity index (χ3n) is 2.61. The predicted molar refractivity (Wildman–Crippen MR) is 66.8 cm³/mol. The zero-order valence-corrected chi connectivity index (χ0v) is 10.5. The second-order valence-electron chi connectivity index (χ2n) is 3.83. The summed E-state index contributed by atoms with van der Waals surface area (Å²) in [6, 6.07) is 11.6. The summed E-state index contributed by atoms with van der Waals surface area (Å²) in [5, 5.41) is 0. The molecule has 1 heterocycles. The van der Waals surface area contributed by atoms with Gasteiger partial charge in [-0.1, -0.05) is 30.3 Å². The molecule has 0 spiro atoms. The lowest BCUT2D eigenvalue weighted by molar-refractivity contribution is -0.136. The minimum absolute atomic E-state index is 0.223. The Morgan fingerprint density at radius 2 is 2.21 bits per heavy atom. The number of nitrogens with zero attached hydrogens (tertiary/aromatic N) is 1. The average Bonchev–Trinajstić information content (AvgIpc) is 2.79. The van der Waals surface area contributed by atoms with Crippen molar-refractivity contribution in [2.24, 2.45) is 0 Å². The zero-order valence-electron chi connectivity index (χ0n) is 10.5. The van der Waals surface area contributed by atoms with Crippen LogP contribution in [0.2, 0.25) is 0 Å². The Kier molecular flexibility index (Phi) is 4.04. The average molecular weight is 259 g/mol. The molecule has 0 aromatic heterocycles. The van der Waals surface area contributed by atoms with E-state index >= 15 is 0 Å². The minimum atomic E-state index is -0.658. The maximum Gasteiger partial charge on any atom is 0.422 e. The highest BCUT2D eigenvalue weighted by atomic mass is 16.6. The van der Waals surface area contributed by atoms with E-state index < -0.39 is 12.1 Å². The number of carbonyl (C=O) groups is 2. The zero-order chi connectivity index (χ0) is 13.7. The summed E-state index contributed by atoms with van der Waals surface area (Å²) in [5.74, 6) is 1.61.